The second-order valence-electron chi connectivity index (χ2n) is 5.03. The summed E-state index contributed by atoms with van der Waals surface area (Å²) in [6, 6.07) is 11.1. The lowest BCUT2D eigenvalue weighted by Crippen LogP contribution is -2.14. The van der Waals surface area contributed by atoms with Crippen LogP contribution in [0, 0.1) is 0 Å². The largest absolute Gasteiger partial charge is 0.345 e. The van der Waals surface area contributed by atoms with Crippen molar-refractivity contribution in [2.45, 2.75) is 0 Å². The average Bonchev–Trinajstić information content (AvgIpc) is 3.22. The number of para-hydroxylation sites is 1. The van der Waals surface area contributed by atoms with Crippen LogP contribution in [0.15, 0.2) is 65.4 Å². The number of aromatic nitrogens is 3. The van der Waals surface area contributed by atoms with Gasteiger partial charge in [-0.3, -0.25) is 9.36 Å². The summed E-state index contributed by atoms with van der Waals surface area (Å²) in [7, 11) is 0. The molecule has 3 heterocycles. The molecule has 3 aromatic heterocycles. The molecule has 0 aliphatic carbocycles. The van der Waals surface area contributed by atoms with Gasteiger partial charge in [0.1, 0.15) is 5.65 Å². The molecule has 4 rings (SSSR count). The van der Waals surface area contributed by atoms with Gasteiger partial charge in [-0.1, -0.05) is 23.7 Å². The molecule has 7 heteroatoms. The summed E-state index contributed by atoms with van der Waals surface area (Å²) in [4.78, 5) is 24.6. The Kier molecular flexibility index (Phi) is 3.76. The minimum Gasteiger partial charge on any atom is -0.345 e. The van der Waals surface area contributed by atoms with Crippen molar-refractivity contribution in [3.05, 3.63) is 75.8 Å². The number of nitrogens with one attached hydrogen (secondary N) is 1. The van der Waals surface area contributed by atoms with Gasteiger partial charge in [-0.25, -0.2) is 4.98 Å². The maximum absolute atomic E-state index is 12.6. The third-order valence-electron chi connectivity index (χ3n) is 3.58. The highest BCUT2D eigenvalue weighted by molar-refractivity contribution is 7.07. The minimum atomic E-state index is -0.322. The predicted octanol–water partition coefficient (Wildman–Crippen LogP) is 3.81. The average molecular weight is 355 g/mol. The highest BCUT2D eigenvalue weighted by Gasteiger charge is 2.12. The van der Waals surface area contributed by atoms with E-state index in [0.717, 1.165) is 11.1 Å². The van der Waals surface area contributed by atoms with Gasteiger partial charge in [0.2, 0.25) is 0 Å². The Labute approximate surface area is 145 Å². The first-order chi connectivity index (χ1) is 11.7. The Hall–Kier alpha value is -2.70. The fourth-order valence-corrected chi connectivity index (χ4v) is 3.40. The van der Waals surface area contributed by atoms with Gasteiger partial charge in [0, 0.05) is 29.4 Å². The number of rotatable bonds is 2. The van der Waals surface area contributed by atoms with Gasteiger partial charge in [-0.2, -0.15) is 4.99 Å². The van der Waals surface area contributed by atoms with Crippen molar-refractivity contribution >= 4 is 39.9 Å². The van der Waals surface area contributed by atoms with Crippen molar-refractivity contribution in [1.82, 2.24) is 14.5 Å². The first-order valence-electron chi connectivity index (χ1n) is 7.16. The molecule has 0 bridgehead atoms. The maximum atomic E-state index is 12.6. The van der Waals surface area contributed by atoms with Crippen molar-refractivity contribution < 1.29 is 4.79 Å². The zero-order chi connectivity index (χ0) is 16.5. The van der Waals surface area contributed by atoms with Crippen LogP contribution in [-0.4, -0.2) is 20.4 Å². The van der Waals surface area contributed by atoms with Gasteiger partial charge in [-0.05, 0) is 24.3 Å². The minimum absolute atomic E-state index is 0.322. The van der Waals surface area contributed by atoms with Crippen molar-refractivity contribution in [3.63, 3.8) is 0 Å². The second-order valence-corrected chi connectivity index (χ2v) is 6.31. The molecule has 0 fully saturated rings. The molecule has 0 saturated heterocycles. The smallest absolute Gasteiger partial charge is 0.281 e. The number of aromatic amines is 1. The number of benzene rings is 1. The van der Waals surface area contributed by atoms with Crippen LogP contribution in [0.2, 0.25) is 5.02 Å². The van der Waals surface area contributed by atoms with Crippen LogP contribution in [0.4, 0.5) is 0 Å². The molecule has 0 aliphatic rings. The first kappa shape index (κ1) is 14.9. The van der Waals surface area contributed by atoms with Crippen LogP contribution in [-0.2, 0) is 0 Å². The SMILES string of the molecule is O=C(/N=c1\sccn1-c1ccccc1Cl)c1c[nH]c2ncccc12. The van der Waals surface area contributed by atoms with Crippen molar-refractivity contribution in [2.24, 2.45) is 4.99 Å². The number of H-pyrrole nitrogens is 1. The van der Waals surface area contributed by atoms with E-state index in [0.29, 0.717) is 21.0 Å². The standard InChI is InChI=1S/C17H11ClN4OS/c18-13-5-1-2-6-14(13)22-8-9-24-17(22)21-16(23)12-10-20-15-11(12)4-3-7-19-15/h1-10H,(H,19,20)/b21-17-. The lowest BCUT2D eigenvalue weighted by atomic mass is 10.2. The van der Waals surface area contributed by atoms with Crippen LogP contribution in [0.3, 0.4) is 0 Å². The van der Waals surface area contributed by atoms with Gasteiger partial charge >= 0.3 is 0 Å². The normalized spacial score (nSPS) is 12.0. The molecule has 4 aromatic rings. The number of amides is 1. The van der Waals surface area contributed by atoms with Gasteiger partial charge in [0.25, 0.3) is 5.91 Å². The Bertz CT molecular complexity index is 1110. The zero-order valence-corrected chi connectivity index (χ0v) is 13.9. The highest BCUT2D eigenvalue weighted by Crippen LogP contribution is 2.19. The summed E-state index contributed by atoms with van der Waals surface area (Å²) in [6.45, 7) is 0. The number of fused-ring (bicyclic) bond motifs is 1. The van der Waals surface area contributed by atoms with Crippen molar-refractivity contribution in [1.29, 1.82) is 0 Å². The summed E-state index contributed by atoms with van der Waals surface area (Å²) in [6.07, 6.45) is 5.15. The number of nitrogens with zero attached hydrogens (tertiary/aromatic N) is 3. The lowest BCUT2D eigenvalue weighted by Gasteiger charge is -2.04. The highest BCUT2D eigenvalue weighted by atomic mass is 35.5. The molecule has 0 spiro atoms. The molecule has 0 aliphatic heterocycles. The van der Waals surface area contributed by atoms with E-state index in [4.69, 9.17) is 11.6 Å². The van der Waals surface area contributed by atoms with E-state index in [9.17, 15) is 4.79 Å². The summed E-state index contributed by atoms with van der Waals surface area (Å²) < 4.78 is 1.80. The molecule has 118 valence electrons. The van der Waals surface area contributed by atoms with Gasteiger partial charge in [0.15, 0.2) is 4.80 Å². The van der Waals surface area contributed by atoms with E-state index in [-0.39, 0.29) is 5.91 Å². The number of carbonyl (C=O) groups excluding carboxylic acids is 1. The van der Waals surface area contributed by atoms with E-state index in [1.807, 2.05) is 35.8 Å². The Morgan fingerprint density at radius 3 is 3.00 bits per heavy atom. The summed E-state index contributed by atoms with van der Waals surface area (Å²) in [5.41, 5.74) is 1.95. The lowest BCUT2D eigenvalue weighted by molar-refractivity contribution is 0.0999. The Morgan fingerprint density at radius 2 is 2.12 bits per heavy atom. The molecule has 0 atom stereocenters. The molecule has 5 nitrogen and oxygen atoms in total. The van der Waals surface area contributed by atoms with Crippen molar-refractivity contribution in [2.75, 3.05) is 0 Å². The Morgan fingerprint density at radius 1 is 1.25 bits per heavy atom. The van der Waals surface area contributed by atoms with Crippen LogP contribution in [0.25, 0.3) is 16.7 Å². The fraction of sp³-hybridized carbons (Fsp3) is 0. The van der Waals surface area contributed by atoms with Crippen LogP contribution in [0.1, 0.15) is 10.4 Å². The fourth-order valence-electron chi connectivity index (χ4n) is 2.46. The van der Waals surface area contributed by atoms with E-state index >= 15 is 0 Å². The van der Waals surface area contributed by atoms with E-state index in [2.05, 4.69) is 15.0 Å². The number of hydrogen-bond acceptors (Lipinski definition) is 3. The molecular weight excluding hydrogens is 344 g/mol. The predicted molar refractivity (Wildman–Crippen MR) is 94.6 cm³/mol. The quantitative estimate of drug-likeness (QED) is 0.595. The number of pyridine rings is 1. The third kappa shape index (κ3) is 2.55. The molecule has 1 aromatic carbocycles. The summed E-state index contributed by atoms with van der Waals surface area (Å²) in [5.74, 6) is -0.322. The molecule has 0 radical (unpaired) electrons. The van der Waals surface area contributed by atoms with E-state index in [1.54, 1.807) is 29.1 Å². The van der Waals surface area contributed by atoms with Crippen LogP contribution in [0.5, 0.6) is 0 Å². The van der Waals surface area contributed by atoms with E-state index in [1.165, 1.54) is 11.3 Å². The zero-order valence-electron chi connectivity index (χ0n) is 12.3. The van der Waals surface area contributed by atoms with Crippen LogP contribution >= 0.6 is 22.9 Å². The molecule has 1 N–H and O–H groups in total. The summed E-state index contributed by atoms with van der Waals surface area (Å²) >= 11 is 7.62. The number of carbonyl (C=O) groups is 1. The number of thiazole rings is 1. The molecule has 0 unspecified atom stereocenters. The summed E-state index contributed by atoms with van der Waals surface area (Å²) in [5, 5.41) is 3.22. The van der Waals surface area contributed by atoms with Gasteiger partial charge in [-0.15, -0.1) is 11.3 Å². The van der Waals surface area contributed by atoms with Crippen LogP contribution < -0.4 is 4.80 Å². The molecule has 24 heavy (non-hydrogen) atoms. The maximum Gasteiger partial charge on any atom is 0.281 e. The van der Waals surface area contributed by atoms with Gasteiger partial charge < -0.3 is 4.98 Å². The topological polar surface area (TPSA) is 63.0 Å². The molecule has 1 amide bonds. The first-order valence-corrected chi connectivity index (χ1v) is 8.42. The molecule has 0 saturated carbocycles. The number of hydrogen-bond donors (Lipinski definition) is 1. The Balaban J connectivity index is 1.81. The second kappa shape index (κ2) is 6.07. The van der Waals surface area contributed by atoms with E-state index < -0.39 is 0 Å². The van der Waals surface area contributed by atoms with Gasteiger partial charge in [0.05, 0.1) is 16.3 Å². The monoisotopic (exact) mass is 354 g/mol. The van der Waals surface area contributed by atoms with Crippen molar-refractivity contribution in [3.8, 4) is 5.69 Å². The number of halogens is 1. The molecular formula is C17H11ClN4OS. The third-order valence-corrected chi connectivity index (χ3v) is 4.66.